The van der Waals surface area contributed by atoms with Crippen molar-refractivity contribution in [2.45, 2.75) is 114 Å². The van der Waals surface area contributed by atoms with E-state index in [2.05, 4.69) is 30.6 Å². The zero-order valence-corrected chi connectivity index (χ0v) is 36.6. The molecule has 64 heavy (non-hydrogen) atoms. The molecule has 5 aliphatic rings. The van der Waals surface area contributed by atoms with Crippen molar-refractivity contribution in [2.24, 2.45) is 11.8 Å². The van der Waals surface area contributed by atoms with Crippen LogP contribution in [0, 0.1) is 11.8 Å². The summed E-state index contributed by atoms with van der Waals surface area (Å²) in [5.74, 6) is -1.33. The summed E-state index contributed by atoms with van der Waals surface area (Å²) < 4.78 is 38.0. The van der Waals surface area contributed by atoms with Gasteiger partial charge in [-0.1, -0.05) is 18.2 Å². The van der Waals surface area contributed by atoms with Crippen molar-refractivity contribution in [3.05, 3.63) is 65.2 Å². The molecule has 3 aromatic heterocycles. The molecular weight excluding hydrogens is 827 g/mol. The van der Waals surface area contributed by atoms with Crippen LogP contribution in [0.5, 0.6) is 0 Å². The number of alkyl halides is 2. The molecule has 4 fully saturated rings. The number of likely N-dealkylation sites (N-methyl/N-ethyl adjacent to an activating group) is 1. The molecule has 7 heterocycles. The predicted octanol–water partition coefficient (Wildman–Crippen LogP) is 5.42. The van der Waals surface area contributed by atoms with E-state index in [-0.39, 0.29) is 47.5 Å². The zero-order chi connectivity index (χ0) is 44.7. The average molecular weight is 885 g/mol. The van der Waals surface area contributed by atoms with Crippen LogP contribution in [0.4, 0.5) is 26.0 Å². The minimum Gasteiger partial charge on any atom is -0.390 e. The maximum absolute atomic E-state index is 14.3. The summed E-state index contributed by atoms with van der Waals surface area (Å²) in [4.78, 5) is 62.2. The zero-order valence-electron chi connectivity index (χ0n) is 36.6. The number of hydrogen-bond acceptors (Lipinski definition) is 11. The van der Waals surface area contributed by atoms with E-state index in [1.165, 1.54) is 16.9 Å². The Bertz CT molecular complexity index is 2380. The smallest absolute Gasteiger partial charge is 0.284 e. The summed E-state index contributed by atoms with van der Waals surface area (Å²) in [5.41, 5.74) is 2.07. The summed E-state index contributed by atoms with van der Waals surface area (Å²) in [6, 6.07) is 7.68. The van der Waals surface area contributed by atoms with E-state index in [0.29, 0.717) is 56.3 Å². The number of amides is 4. The third-order valence-corrected chi connectivity index (χ3v) is 14.3. The lowest BCUT2D eigenvalue weighted by molar-refractivity contribution is -0.139. The Morgan fingerprint density at radius 3 is 2.53 bits per heavy atom. The number of nitrogens with one attached hydrogen (secondary N) is 2. The number of piperidine rings is 3. The van der Waals surface area contributed by atoms with Gasteiger partial charge in [0, 0.05) is 65.2 Å². The van der Waals surface area contributed by atoms with Gasteiger partial charge in [0.15, 0.2) is 11.3 Å². The second kappa shape index (κ2) is 18.3. The minimum atomic E-state index is -2.87. The van der Waals surface area contributed by atoms with Crippen molar-refractivity contribution in [1.82, 2.24) is 34.6 Å². The molecule has 4 aliphatic heterocycles. The number of halogens is 2. The van der Waals surface area contributed by atoms with E-state index >= 15 is 0 Å². The molecule has 2 unspecified atom stereocenters. The number of nitrogens with zero attached hydrogens (tertiary/aromatic N) is 8. The first-order chi connectivity index (χ1) is 30.8. The maximum atomic E-state index is 14.3. The molecule has 2 atom stereocenters. The molecule has 342 valence electrons. The number of aliphatic hydroxyl groups is 1. The van der Waals surface area contributed by atoms with Gasteiger partial charge in [-0.15, -0.1) is 0 Å². The molecular formula is C46H58F2N10O6. The minimum absolute atomic E-state index is 0.0196. The maximum Gasteiger partial charge on any atom is 0.284 e. The topological polar surface area (TPSA) is 180 Å². The molecule has 0 spiro atoms. The van der Waals surface area contributed by atoms with E-state index in [1.54, 1.807) is 22.8 Å². The van der Waals surface area contributed by atoms with Gasteiger partial charge in [-0.05, 0) is 101 Å². The summed E-state index contributed by atoms with van der Waals surface area (Å²) in [6.07, 6.45) is 10.7. The molecule has 4 amide bonds. The third kappa shape index (κ3) is 9.13. The lowest BCUT2D eigenvalue weighted by atomic mass is 9.81. The number of benzene rings is 1. The molecule has 3 saturated heterocycles. The summed E-state index contributed by atoms with van der Waals surface area (Å²) in [5, 5.41) is 24.0. The monoisotopic (exact) mass is 884 g/mol. The fourth-order valence-corrected chi connectivity index (χ4v) is 10.5. The van der Waals surface area contributed by atoms with Crippen molar-refractivity contribution in [2.75, 3.05) is 61.5 Å². The van der Waals surface area contributed by atoms with Crippen molar-refractivity contribution in [3.8, 4) is 0 Å². The Morgan fingerprint density at radius 2 is 1.80 bits per heavy atom. The van der Waals surface area contributed by atoms with E-state index in [1.807, 2.05) is 31.2 Å². The molecule has 1 aliphatic carbocycles. The number of anilines is 3. The predicted molar refractivity (Wildman–Crippen MR) is 233 cm³/mol. The number of fused-ring (bicyclic) bond motifs is 2. The first-order valence-electron chi connectivity index (χ1n) is 22.9. The standard InChI is InChI=1S/C46H58F2N10O6/c1-46(63)17-22-56(23-18-46)36-16-21-57-42(51-36)34(25-49-57)44(61)50-35-27-58(53-39(35)41(47)48)30-10-8-28(9-11-30)26-55-19-14-31(15-20-55)64-24-4-6-29-5-3-7-32-38(45(62)54(2)40(29)32)33-12-13-37(59)52-43(33)60/h3,5,7,16,21,25,27-28,30-31,33,38,41,63H,4,6,8-15,17-20,22-24,26H2,1-2H3,(H,50,61)(H,52,59,60)/t28-,30-,33?,38?. The number of rotatable bonds is 13. The van der Waals surface area contributed by atoms with Gasteiger partial charge in [0.2, 0.25) is 17.7 Å². The lowest BCUT2D eigenvalue weighted by Gasteiger charge is -2.36. The number of imide groups is 1. The molecule has 1 aromatic carbocycles. The van der Waals surface area contributed by atoms with Gasteiger partial charge >= 0.3 is 0 Å². The Kier molecular flexibility index (Phi) is 12.5. The van der Waals surface area contributed by atoms with Crippen LogP contribution >= 0.6 is 0 Å². The van der Waals surface area contributed by atoms with E-state index in [4.69, 9.17) is 9.72 Å². The number of aryl methyl sites for hydroxylation is 1. The van der Waals surface area contributed by atoms with E-state index < -0.39 is 35.5 Å². The number of hydrogen-bond donors (Lipinski definition) is 3. The van der Waals surface area contributed by atoms with Crippen molar-refractivity contribution in [3.63, 3.8) is 0 Å². The van der Waals surface area contributed by atoms with Crippen LogP contribution < -0.4 is 20.4 Å². The highest BCUT2D eigenvalue weighted by Gasteiger charge is 2.46. The van der Waals surface area contributed by atoms with Gasteiger partial charge in [-0.25, -0.2) is 18.3 Å². The van der Waals surface area contributed by atoms with Crippen LogP contribution in [0.2, 0.25) is 0 Å². The second-order valence-electron chi connectivity index (χ2n) is 18.7. The summed E-state index contributed by atoms with van der Waals surface area (Å²) in [7, 11) is 1.76. The molecule has 0 bridgehead atoms. The van der Waals surface area contributed by atoms with Crippen LogP contribution in [0.1, 0.15) is 123 Å². The van der Waals surface area contributed by atoms with Crippen molar-refractivity contribution >= 4 is 46.5 Å². The molecule has 3 N–H and O–H groups in total. The highest BCUT2D eigenvalue weighted by Crippen LogP contribution is 2.45. The normalized spacial score (nSPS) is 24.4. The highest BCUT2D eigenvalue weighted by molar-refractivity contribution is 6.10. The molecule has 9 rings (SSSR count). The van der Waals surface area contributed by atoms with Crippen LogP contribution in [0.25, 0.3) is 5.65 Å². The molecule has 0 radical (unpaired) electrons. The second-order valence-corrected chi connectivity index (χ2v) is 18.7. The number of carbonyl (C=O) groups is 4. The SMILES string of the molecule is CN1C(=O)C(C2CCC(=O)NC2=O)c2cccc(CCCOC3CCN(C[C@H]4CC[C@H](n5cc(NC(=O)c6cnn7ccc(N8CCC(C)(O)CC8)nc67)c(C(F)F)n5)CC4)CC3)c21. The van der Waals surface area contributed by atoms with Crippen molar-refractivity contribution in [1.29, 1.82) is 0 Å². The molecule has 4 aromatic rings. The fraction of sp³-hybridized carbons (Fsp3) is 0.587. The molecule has 1 saturated carbocycles. The van der Waals surface area contributed by atoms with Crippen LogP contribution in [-0.4, -0.2) is 116 Å². The van der Waals surface area contributed by atoms with Gasteiger partial charge in [0.1, 0.15) is 11.4 Å². The highest BCUT2D eigenvalue weighted by atomic mass is 19.3. The Morgan fingerprint density at radius 1 is 1.03 bits per heavy atom. The van der Waals surface area contributed by atoms with E-state index in [0.717, 1.165) is 87.8 Å². The Labute approximate surface area is 370 Å². The Balaban J connectivity index is 0.722. The summed E-state index contributed by atoms with van der Waals surface area (Å²) in [6.45, 7) is 6.56. The number of likely N-dealkylation sites (tertiary alicyclic amines) is 1. The fourth-order valence-electron chi connectivity index (χ4n) is 10.5. The summed E-state index contributed by atoms with van der Waals surface area (Å²) >= 11 is 0. The van der Waals surface area contributed by atoms with Crippen LogP contribution in [-0.2, 0) is 25.5 Å². The van der Waals surface area contributed by atoms with Gasteiger partial charge < -0.3 is 29.9 Å². The Hall–Kier alpha value is -5.33. The molecule has 16 nitrogen and oxygen atoms in total. The molecule has 18 heteroatoms. The average Bonchev–Trinajstić information content (AvgIpc) is 3.97. The van der Waals surface area contributed by atoms with Crippen molar-refractivity contribution < 1.29 is 37.8 Å². The number of aromatic nitrogens is 5. The largest absolute Gasteiger partial charge is 0.390 e. The quantitative estimate of drug-likeness (QED) is 0.115. The van der Waals surface area contributed by atoms with Gasteiger partial charge in [-0.3, -0.25) is 29.2 Å². The number of ether oxygens (including phenoxy) is 1. The number of carbonyl (C=O) groups excluding carboxylic acids is 4. The number of para-hydroxylation sites is 1. The lowest BCUT2D eigenvalue weighted by Crippen LogP contribution is -2.44. The first kappa shape index (κ1) is 43.9. The van der Waals surface area contributed by atoms with E-state index in [9.17, 15) is 33.1 Å². The van der Waals surface area contributed by atoms with Crippen LogP contribution in [0.3, 0.4) is 0 Å². The van der Waals surface area contributed by atoms with Crippen LogP contribution in [0.15, 0.2) is 42.9 Å². The van der Waals surface area contributed by atoms with Gasteiger partial charge in [0.05, 0.1) is 47.2 Å². The third-order valence-electron chi connectivity index (χ3n) is 14.3. The van der Waals surface area contributed by atoms with Gasteiger partial charge in [0.25, 0.3) is 12.3 Å². The first-order valence-corrected chi connectivity index (χ1v) is 22.9. The van der Waals surface area contributed by atoms with Gasteiger partial charge in [-0.2, -0.15) is 10.2 Å².